The molecule has 2 N–H and O–H groups in total. The van der Waals surface area contributed by atoms with Gasteiger partial charge in [0.25, 0.3) is 0 Å². The zero-order valence-corrected chi connectivity index (χ0v) is 8.74. The Morgan fingerprint density at radius 1 is 1.71 bits per heavy atom. The highest BCUT2D eigenvalue weighted by atomic mass is 32.1. The topological polar surface area (TPSA) is 64.3 Å². The van der Waals surface area contributed by atoms with Crippen molar-refractivity contribution in [2.45, 2.75) is 12.5 Å². The summed E-state index contributed by atoms with van der Waals surface area (Å²) < 4.78 is 5.57. The van der Waals surface area contributed by atoms with Crippen molar-refractivity contribution in [1.29, 1.82) is 0 Å². The summed E-state index contributed by atoms with van der Waals surface area (Å²) in [6.07, 6.45) is 1.15. The normalized spacial score (nSPS) is 23.5. The fraction of sp³-hybridized carbons (Fsp3) is 0.750. The van der Waals surface area contributed by atoms with Gasteiger partial charge in [0.15, 0.2) is 0 Å². The van der Waals surface area contributed by atoms with Crippen LogP contribution in [0.15, 0.2) is 5.51 Å². The first kappa shape index (κ1) is 9.82. The zero-order valence-electron chi connectivity index (χ0n) is 7.93. The molecule has 0 radical (unpaired) electrons. The van der Waals surface area contributed by atoms with Crippen LogP contribution in [0.25, 0.3) is 0 Å². The van der Waals surface area contributed by atoms with Crippen molar-refractivity contribution >= 4 is 16.5 Å². The molecule has 0 saturated carbocycles. The second-order valence-electron chi connectivity index (χ2n) is 3.25. The van der Waals surface area contributed by atoms with Crippen molar-refractivity contribution in [3.8, 4) is 0 Å². The van der Waals surface area contributed by atoms with Crippen LogP contribution in [0.2, 0.25) is 0 Å². The van der Waals surface area contributed by atoms with Crippen LogP contribution in [-0.2, 0) is 4.74 Å². The van der Waals surface area contributed by atoms with Crippen LogP contribution in [0.5, 0.6) is 0 Å². The number of hydrogen-bond acceptors (Lipinski definition) is 6. The molecule has 1 aromatic rings. The predicted octanol–water partition coefficient (Wildman–Crippen LogP) is 0.0921. The molecule has 0 aliphatic carbocycles. The van der Waals surface area contributed by atoms with Gasteiger partial charge < -0.3 is 15.4 Å². The highest BCUT2D eigenvalue weighted by Crippen LogP contribution is 2.18. The van der Waals surface area contributed by atoms with Gasteiger partial charge >= 0.3 is 0 Å². The van der Waals surface area contributed by atoms with Gasteiger partial charge in [-0.2, -0.15) is 0 Å². The molecule has 1 aromatic heterocycles. The van der Waals surface area contributed by atoms with Crippen LogP contribution in [0.1, 0.15) is 6.42 Å². The predicted molar refractivity (Wildman–Crippen MR) is 55.5 cm³/mol. The number of aromatic nitrogens is 2. The summed E-state index contributed by atoms with van der Waals surface area (Å²) in [5.74, 6) is 0. The minimum absolute atomic E-state index is 0.126. The molecule has 0 amide bonds. The highest BCUT2D eigenvalue weighted by molar-refractivity contribution is 7.13. The number of hydrogen-bond donors (Lipinski definition) is 1. The summed E-state index contributed by atoms with van der Waals surface area (Å²) in [4.78, 5) is 2.20. The molecule has 78 valence electrons. The minimum atomic E-state index is 0.126. The summed E-state index contributed by atoms with van der Waals surface area (Å²) in [5.41, 5.74) is 7.35. The molecule has 2 heterocycles. The number of ether oxygens (including phenoxy) is 1. The third kappa shape index (κ3) is 2.20. The molecule has 0 aromatic carbocycles. The number of anilines is 1. The van der Waals surface area contributed by atoms with Gasteiger partial charge in [-0.05, 0) is 6.42 Å². The van der Waals surface area contributed by atoms with Crippen LogP contribution >= 0.6 is 11.3 Å². The first-order chi connectivity index (χ1) is 6.90. The van der Waals surface area contributed by atoms with Crippen LogP contribution in [0.4, 0.5) is 5.13 Å². The number of nitrogens with two attached hydrogens (primary N) is 1. The monoisotopic (exact) mass is 214 g/mol. The van der Waals surface area contributed by atoms with E-state index in [-0.39, 0.29) is 6.10 Å². The molecule has 5 nitrogen and oxygen atoms in total. The third-order valence-electron chi connectivity index (χ3n) is 2.23. The van der Waals surface area contributed by atoms with Crippen molar-refractivity contribution < 1.29 is 4.74 Å². The lowest BCUT2D eigenvalue weighted by Gasteiger charge is -2.21. The Labute approximate surface area is 86.9 Å². The van der Waals surface area contributed by atoms with Crippen LogP contribution in [0, 0.1) is 0 Å². The average Bonchev–Trinajstić information content (AvgIpc) is 2.63. The minimum Gasteiger partial charge on any atom is -0.375 e. The fourth-order valence-electron chi connectivity index (χ4n) is 1.52. The van der Waals surface area contributed by atoms with E-state index in [2.05, 4.69) is 15.1 Å². The Bertz CT molecular complexity index is 266. The molecular formula is C8H14N4OS. The summed E-state index contributed by atoms with van der Waals surface area (Å²) in [7, 11) is 0. The Balaban J connectivity index is 2.03. The van der Waals surface area contributed by atoms with Crippen molar-refractivity contribution in [3.05, 3.63) is 5.51 Å². The molecule has 0 bridgehead atoms. The Morgan fingerprint density at radius 3 is 3.36 bits per heavy atom. The molecule has 1 atom stereocenters. The van der Waals surface area contributed by atoms with Gasteiger partial charge in [-0.1, -0.05) is 11.3 Å². The van der Waals surface area contributed by atoms with Crippen LogP contribution < -0.4 is 10.6 Å². The van der Waals surface area contributed by atoms with E-state index in [0.717, 1.165) is 31.2 Å². The zero-order chi connectivity index (χ0) is 9.80. The van der Waals surface area contributed by atoms with Crippen molar-refractivity contribution in [2.75, 3.05) is 31.1 Å². The first-order valence-corrected chi connectivity index (χ1v) is 5.61. The molecule has 1 unspecified atom stereocenters. The summed E-state index contributed by atoms with van der Waals surface area (Å²) >= 11 is 1.56. The molecule has 6 heteroatoms. The van der Waals surface area contributed by atoms with Crippen LogP contribution in [0.3, 0.4) is 0 Å². The van der Waals surface area contributed by atoms with E-state index in [1.807, 2.05) is 0 Å². The van der Waals surface area contributed by atoms with Gasteiger partial charge in [0.2, 0.25) is 5.13 Å². The summed E-state index contributed by atoms with van der Waals surface area (Å²) in [6, 6.07) is 0. The molecule has 1 aliphatic rings. The van der Waals surface area contributed by atoms with Gasteiger partial charge in [-0.25, -0.2) is 0 Å². The molecule has 0 spiro atoms. The third-order valence-corrected chi connectivity index (χ3v) is 2.98. The van der Waals surface area contributed by atoms with E-state index in [4.69, 9.17) is 10.5 Å². The fourth-order valence-corrected chi connectivity index (χ4v) is 2.11. The second kappa shape index (κ2) is 4.68. The summed E-state index contributed by atoms with van der Waals surface area (Å²) in [5, 5.41) is 8.85. The Hall–Kier alpha value is -0.720. The molecule has 1 saturated heterocycles. The van der Waals surface area contributed by atoms with Gasteiger partial charge in [0.05, 0.1) is 6.10 Å². The maximum atomic E-state index is 5.60. The number of rotatable bonds is 2. The smallest absolute Gasteiger partial charge is 0.208 e. The lowest BCUT2D eigenvalue weighted by molar-refractivity contribution is 0.0749. The van der Waals surface area contributed by atoms with Crippen LogP contribution in [-0.4, -0.2) is 42.5 Å². The number of nitrogens with zero attached hydrogens (tertiary/aromatic N) is 3. The van der Waals surface area contributed by atoms with E-state index in [1.165, 1.54) is 0 Å². The van der Waals surface area contributed by atoms with Gasteiger partial charge in [-0.15, -0.1) is 10.2 Å². The highest BCUT2D eigenvalue weighted by Gasteiger charge is 2.19. The Kier molecular flexibility index (Phi) is 3.28. The lowest BCUT2D eigenvalue weighted by Crippen LogP contribution is -2.36. The van der Waals surface area contributed by atoms with Crippen molar-refractivity contribution in [1.82, 2.24) is 10.2 Å². The molecule has 1 aliphatic heterocycles. The maximum absolute atomic E-state index is 5.60. The standard InChI is InChI=1S/C8H14N4OS/c9-4-7-5-12(2-1-3-13-7)8-11-10-6-14-8/h6-7H,1-5,9H2. The Morgan fingerprint density at radius 2 is 2.64 bits per heavy atom. The lowest BCUT2D eigenvalue weighted by atomic mass is 10.3. The first-order valence-electron chi connectivity index (χ1n) is 4.73. The summed E-state index contributed by atoms with van der Waals surface area (Å²) in [6.45, 7) is 3.16. The quantitative estimate of drug-likeness (QED) is 0.756. The van der Waals surface area contributed by atoms with Gasteiger partial charge in [0.1, 0.15) is 5.51 Å². The van der Waals surface area contributed by atoms with E-state index in [9.17, 15) is 0 Å². The average molecular weight is 214 g/mol. The molecule has 2 rings (SSSR count). The van der Waals surface area contributed by atoms with Gasteiger partial charge in [-0.3, -0.25) is 0 Å². The second-order valence-corrected chi connectivity index (χ2v) is 4.06. The SMILES string of the molecule is NCC1CN(c2nncs2)CCCO1. The van der Waals surface area contributed by atoms with Crippen molar-refractivity contribution in [2.24, 2.45) is 5.73 Å². The maximum Gasteiger partial charge on any atom is 0.208 e. The van der Waals surface area contributed by atoms with E-state index >= 15 is 0 Å². The van der Waals surface area contributed by atoms with Gasteiger partial charge in [0, 0.05) is 26.2 Å². The van der Waals surface area contributed by atoms with Crippen molar-refractivity contribution in [3.63, 3.8) is 0 Å². The molecule has 14 heavy (non-hydrogen) atoms. The molecule has 1 fully saturated rings. The largest absolute Gasteiger partial charge is 0.375 e. The van der Waals surface area contributed by atoms with E-state index < -0.39 is 0 Å². The molecular weight excluding hydrogens is 200 g/mol. The van der Waals surface area contributed by atoms with E-state index in [0.29, 0.717) is 6.54 Å². The van der Waals surface area contributed by atoms with E-state index in [1.54, 1.807) is 16.8 Å².